The summed E-state index contributed by atoms with van der Waals surface area (Å²) < 4.78 is 1.98. The second-order valence-corrected chi connectivity index (χ2v) is 4.23. The lowest BCUT2D eigenvalue weighted by molar-refractivity contribution is 0.841. The maximum atomic E-state index is 4.67. The van der Waals surface area contributed by atoms with Crippen molar-refractivity contribution in [2.24, 2.45) is 0 Å². The average Bonchev–Trinajstić information content (AvgIpc) is 3.10. The van der Waals surface area contributed by atoms with E-state index in [0.29, 0.717) is 5.92 Å². The van der Waals surface area contributed by atoms with Crippen molar-refractivity contribution in [1.29, 1.82) is 0 Å². The molecule has 0 unspecified atom stereocenters. The van der Waals surface area contributed by atoms with Gasteiger partial charge in [-0.1, -0.05) is 18.2 Å². The van der Waals surface area contributed by atoms with Crippen LogP contribution in [0.15, 0.2) is 36.4 Å². The summed E-state index contributed by atoms with van der Waals surface area (Å²) in [6, 6.07) is 12.4. The van der Waals surface area contributed by atoms with Gasteiger partial charge in [-0.25, -0.2) is 4.68 Å². The largest absolute Gasteiger partial charge is 0.373 e. The first kappa shape index (κ1) is 9.46. The third kappa shape index (κ3) is 1.58. The van der Waals surface area contributed by atoms with Gasteiger partial charge in [-0.3, -0.25) is 0 Å². The Hall–Kier alpha value is -1.77. The Labute approximate surface area is 95.1 Å². The fourth-order valence-electron chi connectivity index (χ4n) is 1.92. The fourth-order valence-corrected chi connectivity index (χ4v) is 1.92. The minimum atomic E-state index is 0.692. The Morgan fingerprint density at radius 1 is 1.25 bits per heavy atom. The van der Waals surface area contributed by atoms with Gasteiger partial charge < -0.3 is 5.32 Å². The molecule has 1 aromatic heterocycles. The maximum absolute atomic E-state index is 4.67. The molecule has 1 saturated carbocycles. The molecule has 82 valence electrons. The Kier molecular flexibility index (Phi) is 2.17. The first-order valence-electron chi connectivity index (χ1n) is 5.71. The van der Waals surface area contributed by atoms with Crippen LogP contribution in [0, 0.1) is 0 Å². The van der Waals surface area contributed by atoms with Gasteiger partial charge in [-0.2, -0.15) is 5.10 Å². The summed E-state index contributed by atoms with van der Waals surface area (Å²) in [5.41, 5.74) is 2.33. The molecule has 0 aliphatic heterocycles. The van der Waals surface area contributed by atoms with Crippen molar-refractivity contribution in [3.63, 3.8) is 0 Å². The van der Waals surface area contributed by atoms with Gasteiger partial charge in [-0.15, -0.1) is 0 Å². The van der Waals surface area contributed by atoms with E-state index in [2.05, 4.69) is 28.6 Å². The van der Waals surface area contributed by atoms with Crippen LogP contribution < -0.4 is 5.32 Å². The van der Waals surface area contributed by atoms with Gasteiger partial charge in [0.2, 0.25) is 0 Å². The summed E-state index contributed by atoms with van der Waals surface area (Å²) in [5.74, 6) is 1.75. The second kappa shape index (κ2) is 3.67. The van der Waals surface area contributed by atoms with Gasteiger partial charge in [-0.05, 0) is 25.0 Å². The van der Waals surface area contributed by atoms with E-state index < -0.39 is 0 Å². The van der Waals surface area contributed by atoms with Gasteiger partial charge in [0.25, 0.3) is 0 Å². The van der Waals surface area contributed by atoms with Crippen molar-refractivity contribution in [2.45, 2.75) is 18.8 Å². The molecular formula is C13H15N3. The summed E-state index contributed by atoms with van der Waals surface area (Å²) in [4.78, 5) is 0. The van der Waals surface area contributed by atoms with Gasteiger partial charge in [0.05, 0.1) is 11.4 Å². The Morgan fingerprint density at radius 2 is 2.00 bits per heavy atom. The first-order valence-corrected chi connectivity index (χ1v) is 5.71. The van der Waals surface area contributed by atoms with Gasteiger partial charge in [0, 0.05) is 19.0 Å². The SMILES string of the molecule is CNc1cc(C2CC2)nn1-c1ccccc1. The number of anilines is 1. The normalized spacial score (nSPS) is 15.1. The molecule has 0 amide bonds. The van der Waals surface area contributed by atoms with Crippen molar-refractivity contribution in [3.8, 4) is 5.69 Å². The van der Waals surface area contributed by atoms with Gasteiger partial charge >= 0.3 is 0 Å². The van der Waals surface area contributed by atoms with E-state index in [9.17, 15) is 0 Å². The number of aromatic nitrogens is 2. The monoisotopic (exact) mass is 213 g/mol. The van der Waals surface area contributed by atoms with Crippen LogP contribution in [-0.2, 0) is 0 Å². The van der Waals surface area contributed by atoms with Crippen LogP contribution in [0.2, 0.25) is 0 Å². The van der Waals surface area contributed by atoms with E-state index in [-0.39, 0.29) is 0 Å². The lowest BCUT2D eigenvalue weighted by Crippen LogP contribution is -2.01. The quantitative estimate of drug-likeness (QED) is 0.849. The lowest BCUT2D eigenvalue weighted by Gasteiger charge is -2.05. The van der Waals surface area contributed by atoms with E-state index in [1.807, 2.05) is 29.9 Å². The summed E-state index contributed by atoms with van der Waals surface area (Å²) >= 11 is 0. The highest BCUT2D eigenvalue weighted by atomic mass is 15.3. The molecule has 16 heavy (non-hydrogen) atoms. The zero-order chi connectivity index (χ0) is 11.0. The molecule has 0 radical (unpaired) electrons. The molecule has 1 heterocycles. The molecule has 3 heteroatoms. The predicted molar refractivity (Wildman–Crippen MR) is 65.1 cm³/mol. The molecule has 1 aromatic carbocycles. The van der Waals surface area contributed by atoms with Crippen LogP contribution in [-0.4, -0.2) is 16.8 Å². The number of hydrogen-bond acceptors (Lipinski definition) is 2. The highest BCUT2D eigenvalue weighted by molar-refractivity contribution is 5.46. The zero-order valence-corrected chi connectivity index (χ0v) is 9.35. The lowest BCUT2D eigenvalue weighted by atomic mass is 10.3. The predicted octanol–water partition coefficient (Wildman–Crippen LogP) is 2.79. The summed E-state index contributed by atoms with van der Waals surface area (Å²) in [7, 11) is 1.94. The number of nitrogens with one attached hydrogen (secondary N) is 1. The van der Waals surface area contributed by atoms with Crippen molar-refractivity contribution in [3.05, 3.63) is 42.1 Å². The fraction of sp³-hybridized carbons (Fsp3) is 0.308. The van der Waals surface area contributed by atoms with Gasteiger partial charge in [0.15, 0.2) is 0 Å². The first-order chi connectivity index (χ1) is 7.88. The number of nitrogens with zero attached hydrogens (tertiary/aromatic N) is 2. The standard InChI is InChI=1S/C13H15N3/c1-14-13-9-12(10-7-8-10)15-16(13)11-5-3-2-4-6-11/h2-6,9-10,14H,7-8H2,1H3. The van der Waals surface area contributed by atoms with Crippen LogP contribution in [0.3, 0.4) is 0 Å². The van der Waals surface area contributed by atoms with Gasteiger partial charge in [0.1, 0.15) is 5.82 Å². The van der Waals surface area contributed by atoms with E-state index in [4.69, 9.17) is 0 Å². The van der Waals surface area contributed by atoms with Crippen molar-refractivity contribution in [2.75, 3.05) is 12.4 Å². The maximum Gasteiger partial charge on any atom is 0.129 e. The van der Waals surface area contributed by atoms with Crippen LogP contribution in [0.25, 0.3) is 5.69 Å². The molecule has 2 aromatic rings. The Bertz CT molecular complexity index is 483. The topological polar surface area (TPSA) is 29.9 Å². The average molecular weight is 213 g/mol. The van der Waals surface area contributed by atoms with E-state index in [1.165, 1.54) is 18.5 Å². The second-order valence-electron chi connectivity index (χ2n) is 4.23. The molecule has 0 atom stereocenters. The van der Waals surface area contributed by atoms with Crippen LogP contribution in [0.5, 0.6) is 0 Å². The minimum Gasteiger partial charge on any atom is -0.373 e. The molecule has 1 N–H and O–H groups in total. The molecule has 0 saturated heterocycles. The summed E-state index contributed by atoms with van der Waals surface area (Å²) in [6.07, 6.45) is 2.57. The van der Waals surface area contributed by atoms with E-state index >= 15 is 0 Å². The summed E-state index contributed by atoms with van der Waals surface area (Å²) in [5, 5.41) is 7.87. The van der Waals surface area contributed by atoms with Crippen molar-refractivity contribution in [1.82, 2.24) is 9.78 Å². The molecule has 1 aliphatic rings. The third-order valence-electron chi connectivity index (χ3n) is 2.98. The molecule has 0 bridgehead atoms. The van der Waals surface area contributed by atoms with Crippen LogP contribution in [0.1, 0.15) is 24.5 Å². The highest BCUT2D eigenvalue weighted by Crippen LogP contribution is 2.40. The van der Waals surface area contributed by atoms with Crippen LogP contribution in [0.4, 0.5) is 5.82 Å². The summed E-state index contributed by atoms with van der Waals surface area (Å²) in [6.45, 7) is 0. The molecule has 0 spiro atoms. The number of rotatable bonds is 3. The molecule has 3 nitrogen and oxygen atoms in total. The molecule has 1 aliphatic carbocycles. The molecule has 3 rings (SSSR count). The third-order valence-corrected chi connectivity index (χ3v) is 2.98. The minimum absolute atomic E-state index is 0.692. The van der Waals surface area contributed by atoms with Crippen molar-refractivity contribution >= 4 is 5.82 Å². The number of benzene rings is 1. The van der Waals surface area contributed by atoms with E-state index in [0.717, 1.165) is 11.5 Å². The van der Waals surface area contributed by atoms with E-state index in [1.54, 1.807) is 0 Å². The smallest absolute Gasteiger partial charge is 0.129 e. The number of para-hydroxylation sites is 1. The number of hydrogen-bond donors (Lipinski definition) is 1. The van der Waals surface area contributed by atoms with Crippen LogP contribution >= 0.6 is 0 Å². The molecule has 1 fully saturated rings. The van der Waals surface area contributed by atoms with Crippen molar-refractivity contribution < 1.29 is 0 Å². The zero-order valence-electron chi connectivity index (χ0n) is 9.35. The Balaban J connectivity index is 2.05. The molecular weight excluding hydrogens is 198 g/mol. The Morgan fingerprint density at radius 3 is 2.62 bits per heavy atom. The highest BCUT2D eigenvalue weighted by Gasteiger charge is 2.27.